The fourth-order valence-electron chi connectivity index (χ4n) is 11.3. The Morgan fingerprint density at radius 3 is 2.12 bits per heavy atom. The van der Waals surface area contributed by atoms with Gasteiger partial charge in [-0.3, -0.25) is 9.59 Å². The Morgan fingerprint density at radius 2 is 1.51 bits per heavy atom. The lowest BCUT2D eigenvalue weighted by atomic mass is 9.60. The van der Waals surface area contributed by atoms with E-state index in [1.165, 1.54) is 0 Å². The Hall–Kier alpha value is -5.15. The van der Waals surface area contributed by atoms with E-state index in [0.717, 1.165) is 38.9 Å². The highest BCUT2D eigenvalue weighted by molar-refractivity contribution is 6.04. The number of esters is 1. The first-order chi connectivity index (χ1) is 27.4. The number of ketones is 1. The molecule has 2 fully saturated rings. The molecule has 292 valence electrons. The van der Waals surface area contributed by atoms with Crippen LogP contribution in [0.25, 0.3) is 11.0 Å². The first-order valence-electron chi connectivity index (χ1n) is 20.2. The molecule has 4 aliphatic rings. The molecular formula is C49H50N2O6. The number of carbonyl (C=O) groups is 2. The lowest BCUT2D eigenvalue weighted by Crippen LogP contribution is -2.61. The van der Waals surface area contributed by atoms with Gasteiger partial charge < -0.3 is 24.7 Å². The molecule has 9 rings (SSSR count). The van der Waals surface area contributed by atoms with Gasteiger partial charge in [0.05, 0.1) is 12.2 Å². The third-order valence-corrected chi connectivity index (χ3v) is 14.1. The minimum absolute atomic E-state index is 0.00370. The summed E-state index contributed by atoms with van der Waals surface area (Å²) in [5, 5.41) is 26.8. The summed E-state index contributed by atoms with van der Waals surface area (Å²) in [4.78, 5) is 35.5. The van der Waals surface area contributed by atoms with E-state index < -0.39 is 45.6 Å². The molecule has 8 heteroatoms. The van der Waals surface area contributed by atoms with Crippen molar-refractivity contribution >= 4 is 22.8 Å². The molecule has 2 saturated carbocycles. The highest BCUT2D eigenvalue weighted by Gasteiger charge is 2.83. The van der Waals surface area contributed by atoms with Gasteiger partial charge in [0.15, 0.2) is 5.78 Å². The predicted octanol–water partition coefficient (Wildman–Crippen LogP) is 8.04. The van der Waals surface area contributed by atoms with Crippen LogP contribution in [0.1, 0.15) is 69.2 Å². The lowest BCUT2D eigenvalue weighted by molar-refractivity contribution is -0.187. The van der Waals surface area contributed by atoms with Gasteiger partial charge >= 0.3 is 5.97 Å². The molecule has 4 aliphatic carbocycles. The first kappa shape index (κ1) is 37.4. The number of Topliss-reactive ketones (excluding diaryl/α,β-unsaturated/α-hetero) is 1. The maximum Gasteiger partial charge on any atom is 0.306 e. The van der Waals surface area contributed by atoms with Gasteiger partial charge in [0, 0.05) is 53.8 Å². The highest BCUT2D eigenvalue weighted by atomic mass is 16.6. The van der Waals surface area contributed by atoms with E-state index >= 15 is 0 Å². The standard InChI is InChI=1S/C49H50N2O6/c1-31-25-40-46(54,43(31)53)28-33(30-56-49(35-15-8-5-9-16-35,36-17-10-6-11-18-36)37-19-12-7-13-20-37)26-39-42-45(3,4)47(42,27-32(2)48(39,40)55)57-41(52)23-22-34-29-51-44-38(34)21-14-24-50-44/h5-21,24-26,29,32,39-40,42,54-55H,22-23,27-28,30H2,1-4H3,(H,50,51)/t32-,39+,40-,42-,46-,47+,48-/m1/s1. The Balaban J connectivity index is 1.10. The zero-order valence-electron chi connectivity index (χ0n) is 32.9. The van der Waals surface area contributed by atoms with E-state index in [0.29, 0.717) is 18.4 Å². The largest absolute Gasteiger partial charge is 0.458 e. The number of aromatic amines is 1. The number of hydrogen-bond donors (Lipinski definition) is 3. The van der Waals surface area contributed by atoms with Crippen LogP contribution >= 0.6 is 0 Å². The SMILES string of the molecule is CC1=C[C@H]2[C@@]3(O)[C@H](C)C[C@]4(OC(=O)CCc5c[nH]c6ncccc56)[C@H]([C@@H]3C=C(COC(c3ccccc3)(c3ccccc3)c3ccccc3)C[C@]2(O)C1=O)C4(C)C. The topological polar surface area (TPSA) is 122 Å². The quantitative estimate of drug-likeness (QED) is 0.0749. The summed E-state index contributed by atoms with van der Waals surface area (Å²) in [5.74, 6) is -2.75. The number of aliphatic hydroxyl groups is 2. The molecule has 0 radical (unpaired) electrons. The molecule has 57 heavy (non-hydrogen) atoms. The van der Waals surface area contributed by atoms with Crippen molar-refractivity contribution in [2.24, 2.45) is 29.1 Å². The molecule has 7 atom stereocenters. The van der Waals surface area contributed by atoms with Crippen LogP contribution < -0.4 is 0 Å². The first-order valence-corrected chi connectivity index (χ1v) is 20.2. The molecule has 0 saturated heterocycles. The van der Waals surface area contributed by atoms with Crippen LogP contribution in [0.5, 0.6) is 0 Å². The van der Waals surface area contributed by atoms with Crippen LogP contribution in [0.3, 0.4) is 0 Å². The maximum absolute atomic E-state index is 14.1. The second-order valence-corrected chi connectivity index (χ2v) is 17.4. The number of hydrogen-bond acceptors (Lipinski definition) is 7. The van der Waals surface area contributed by atoms with E-state index in [1.807, 2.05) is 79.9 Å². The van der Waals surface area contributed by atoms with Gasteiger partial charge in [0.1, 0.15) is 22.5 Å². The van der Waals surface area contributed by atoms with Gasteiger partial charge in [-0.25, -0.2) is 4.98 Å². The maximum atomic E-state index is 14.1. The number of H-pyrrole nitrogens is 1. The third kappa shape index (κ3) is 5.55. The summed E-state index contributed by atoms with van der Waals surface area (Å²) in [5.41, 5.74) is 0.0251. The van der Waals surface area contributed by atoms with E-state index in [-0.39, 0.29) is 37.1 Å². The fraction of sp³-hybridized carbons (Fsp3) is 0.367. The second kappa shape index (κ2) is 13.5. The van der Waals surface area contributed by atoms with Gasteiger partial charge in [-0.05, 0) is 71.2 Å². The summed E-state index contributed by atoms with van der Waals surface area (Å²) in [6.45, 7) is 7.99. The summed E-state index contributed by atoms with van der Waals surface area (Å²) in [6, 6.07) is 34.2. The summed E-state index contributed by atoms with van der Waals surface area (Å²) < 4.78 is 13.9. The van der Waals surface area contributed by atoms with Crippen LogP contribution in [-0.4, -0.2) is 55.3 Å². The molecule has 0 unspecified atom stereocenters. The summed E-state index contributed by atoms with van der Waals surface area (Å²) in [7, 11) is 0. The molecule has 0 bridgehead atoms. The predicted molar refractivity (Wildman–Crippen MR) is 218 cm³/mol. The minimum Gasteiger partial charge on any atom is -0.458 e. The number of carbonyl (C=O) groups excluding carboxylic acids is 2. The molecule has 0 aliphatic heterocycles. The zero-order valence-corrected chi connectivity index (χ0v) is 32.9. The average Bonchev–Trinajstić information content (AvgIpc) is 3.42. The highest BCUT2D eigenvalue weighted by Crippen LogP contribution is 2.76. The number of nitrogens with zero attached hydrogens (tertiary/aromatic N) is 1. The smallest absolute Gasteiger partial charge is 0.306 e. The Bertz CT molecular complexity index is 2310. The molecule has 3 aromatic carbocycles. The van der Waals surface area contributed by atoms with Crippen LogP contribution in [-0.2, 0) is 31.1 Å². The Kier molecular flexibility index (Phi) is 8.85. The van der Waals surface area contributed by atoms with Gasteiger partial charge in [0.2, 0.25) is 0 Å². The van der Waals surface area contributed by atoms with Crippen molar-refractivity contribution < 1.29 is 29.3 Å². The molecule has 2 heterocycles. The molecule has 3 N–H and O–H groups in total. The van der Waals surface area contributed by atoms with Gasteiger partial charge in [-0.15, -0.1) is 0 Å². The van der Waals surface area contributed by atoms with Crippen molar-refractivity contribution in [1.82, 2.24) is 9.97 Å². The van der Waals surface area contributed by atoms with E-state index in [4.69, 9.17) is 9.47 Å². The minimum atomic E-state index is -1.87. The number of fused-ring (bicyclic) bond motifs is 6. The zero-order chi connectivity index (χ0) is 39.8. The summed E-state index contributed by atoms with van der Waals surface area (Å²) >= 11 is 0. The molecular weight excluding hydrogens is 713 g/mol. The molecule has 0 spiro atoms. The van der Waals surface area contributed by atoms with Gasteiger partial charge in [0.25, 0.3) is 0 Å². The average molecular weight is 763 g/mol. The molecule has 0 amide bonds. The summed E-state index contributed by atoms with van der Waals surface area (Å²) in [6.07, 6.45) is 8.61. The van der Waals surface area contributed by atoms with Crippen molar-refractivity contribution in [3.63, 3.8) is 0 Å². The third-order valence-electron chi connectivity index (χ3n) is 14.1. The number of nitrogens with one attached hydrogen (secondary N) is 1. The van der Waals surface area contributed by atoms with Crippen LogP contribution in [0, 0.1) is 29.1 Å². The number of rotatable bonds is 10. The number of ether oxygens (including phenoxy) is 2. The molecule has 8 nitrogen and oxygen atoms in total. The number of aromatic nitrogens is 2. The number of pyridine rings is 1. The van der Waals surface area contributed by atoms with Crippen molar-refractivity contribution in [1.29, 1.82) is 0 Å². The molecule has 2 aromatic heterocycles. The normalized spacial score (nSPS) is 30.0. The van der Waals surface area contributed by atoms with E-state index in [9.17, 15) is 19.8 Å². The Labute approximate surface area is 333 Å². The molecule has 5 aromatic rings. The fourth-order valence-corrected chi connectivity index (χ4v) is 11.3. The van der Waals surface area contributed by atoms with E-state index in [1.54, 1.807) is 19.2 Å². The van der Waals surface area contributed by atoms with Crippen molar-refractivity contribution in [2.45, 2.75) is 75.8 Å². The van der Waals surface area contributed by atoms with E-state index in [2.05, 4.69) is 66.3 Å². The van der Waals surface area contributed by atoms with Gasteiger partial charge in [-0.2, -0.15) is 0 Å². The lowest BCUT2D eigenvalue weighted by Gasteiger charge is -2.50. The number of aryl methyl sites for hydroxylation is 1. The number of benzene rings is 3. The van der Waals surface area contributed by atoms with Crippen molar-refractivity contribution in [3.05, 3.63) is 161 Å². The second-order valence-electron chi connectivity index (χ2n) is 17.4. The van der Waals surface area contributed by atoms with Crippen molar-refractivity contribution in [2.75, 3.05) is 6.61 Å². The monoisotopic (exact) mass is 762 g/mol. The van der Waals surface area contributed by atoms with Gasteiger partial charge in [-0.1, -0.05) is 124 Å². The Morgan fingerprint density at radius 1 is 0.895 bits per heavy atom. The van der Waals surface area contributed by atoms with Crippen molar-refractivity contribution in [3.8, 4) is 0 Å². The van der Waals surface area contributed by atoms with Crippen LogP contribution in [0.15, 0.2) is 139 Å². The van der Waals surface area contributed by atoms with Crippen LogP contribution in [0.4, 0.5) is 0 Å². The van der Waals surface area contributed by atoms with Crippen LogP contribution in [0.2, 0.25) is 0 Å².